The van der Waals surface area contributed by atoms with Gasteiger partial charge in [-0.15, -0.1) is 0 Å². The monoisotopic (exact) mass is 286 g/mol. The molecule has 0 saturated carbocycles. The summed E-state index contributed by atoms with van der Waals surface area (Å²) in [5.41, 5.74) is 0.722. The van der Waals surface area contributed by atoms with Crippen molar-refractivity contribution < 1.29 is 24.0 Å². The van der Waals surface area contributed by atoms with E-state index < -0.39 is 17.8 Å². The van der Waals surface area contributed by atoms with Crippen molar-refractivity contribution in [1.82, 2.24) is 10.1 Å². The van der Waals surface area contributed by atoms with Crippen LogP contribution in [0.3, 0.4) is 0 Å². The Bertz CT molecular complexity index is 777. The Morgan fingerprint density at radius 1 is 1.24 bits per heavy atom. The van der Waals surface area contributed by atoms with Crippen molar-refractivity contribution >= 4 is 17.8 Å². The first-order valence-electron chi connectivity index (χ1n) is 6.13. The van der Waals surface area contributed by atoms with Gasteiger partial charge in [0.15, 0.2) is 0 Å². The molecule has 0 saturated heterocycles. The number of carboxylic acid groups (broad SMARTS) is 1. The summed E-state index contributed by atoms with van der Waals surface area (Å²) < 4.78 is 4.90. The standard InChI is InChI=1S/C14H10N2O5/c1-7-4-9(15-21-7)6-16-12(17)10-3-2-8(14(19)20)5-11(10)13(16)18/h2-5H,6H2,1H3,(H,19,20). The lowest BCUT2D eigenvalue weighted by molar-refractivity contribution is 0.0637. The molecular formula is C14H10N2O5. The molecule has 0 fully saturated rings. The van der Waals surface area contributed by atoms with Crippen LogP contribution in [0.25, 0.3) is 0 Å². The number of aromatic carboxylic acids is 1. The van der Waals surface area contributed by atoms with Crippen LogP contribution in [-0.4, -0.2) is 32.9 Å². The molecule has 1 aromatic carbocycles. The molecule has 0 unspecified atom stereocenters. The SMILES string of the molecule is Cc1cc(CN2C(=O)c3ccc(C(=O)O)cc3C2=O)no1. The first kappa shape index (κ1) is 13.0. The summed E-state index contributed by atoms with van der Waals surface area (Å²) in [6, 6.07) is 5.50. The van der Waals surface area contributed by atoms with Gasteiger partial charge in [-0.05, 0) is 25.1 Å². The molecule has 2 aromatic rings. The quantitative estimate of drug-likeness (QED) is 0.857. The van der Waals surface area contributed by atoms with E-state index in [0.29, 0.717) is 11.5 Å². The summed E-state index contributed by atoms with van der Waals surface area (Å²) in [4.78, 5) is 36.4. The number of imide groups is 1. The predicted octanol–water partition coefficient (Wildman–Crippen LogP) is 1.48. The number of aromatic nitrogens is 1. The highest BCUT2D eigenvalue weighted by Gasteiger charge is 2.36. The maximum Gasteiger partial charge on any atom is 0.335 e. The van der Waals surface area contributed by atoms with Gasteiger partial charge in [-0.3, -0.25) is 14.5 Å². The number of aryl methyl sites for hydroxylation is 1. The number of hydrogen-bond donors (Lipinski definition) is 1. The van der Waals surface area contributed by atoms with Gasteiger partial charge < -0.3 is 9.63 Å². The fraction of sp³-hybridized carbons (Fsp3) is 0.143. The first-order valence-corrected chi connectivity index (χ1v) is 6.13. The van der Waals surface area contributed by atoms with Crippen LogP contribution in [0.4, 0.5) is 0 Å². The van der Waals surface area contributed by atoms with Gasteiger partial charge in [0, 0.05) is 6.07 Å². The van der Waals surface area contributed by atoms with E-state index in [4.69, 9.17) is 9.63 Å². The van der Waals surface area contributed by atoms with Crippen LogP contribution in [0.2, 0.25) is 0 Å². The topological polar surface area (TPSA) is 101 Å². The third-order valence-electron chi connectivity index (χ3n) is 3.21. The highest BCUT2D eigenvalue weighted by atomic mass is 16.5. The van der Waals surface area contributed by atoms with Gasteiger partial charge in [0.2, 0.25) is 0 Å². The highest BCUT2D eigenvalue weighted by Crippen LogP contribution is 2.25. The third kappa shape index (κ3) is 2.08. The molecule has 7 heteroatoms. The summed E-state index contributed by atoms with van der Waals surface area (Å²) in [6.45, 7) is 1.70. The Morgan fingerprint density at radius 2 is 1.95 bits per heavy atom. The van der Waals surface area contributed by atoms with E-state index in [1.165, 1.54) is 18.2 Å². The molecule has 106 valence electrons. The van der Waals surface area contributed by atoms with Crippen molar-refractivity contribution in [3.05, 3.63) is 52.4 Å². The molecule has 1 N–H and O–H groups in total. The predicted molar refractivity (Wildman–Crippen MR) is 68.8 cm³/mol. The van der Waals surface area contributed by atoms with Gasteiger partial charge in [-0.2, -0.15) is 0 Å². The molecule has 21 heavy (non-hydrogen) atoms. The molecule has 0 aliphatic carbocycles. The minimum Gasteiger partial charge on any atom is -0.478 e. The fourth-order valence-corrected chi connectivity index (χ4v) is 2.22. The van der Waals surface area contributed by atoms with E-state index in [-0.39, 0.29) is 23.2 Å². The molecule has 1 aliphatic rings. The van der Waals surface area contributed by atoms with Crippen LogP contribution in [0.1, 0.15) is 42.5 Å². The van der Waals surface area contributed by atoms with Crippen LogP contribution >= 0.6 is 0 Å². The lowest BCUT2D eigenvalue weighted by Gasteiger charge is -2.10. The maximum absolute atomic E-state index is 12.2. The molecule has 7 nitrogen and oxygen atoms in total. The van der Waals surface area contributed by atoms with Crippen LogP contribution in [0, 0.1) is 6.92 Å². The lowest BCUT2D eigenvalue weighted by atomic mass is 10.1. The number of carboxylic acids is 1. The van der Waals surface area contributed by atoms with Gasteiger partial charge in [-0.1, -0.05) is 5.16 Å². The summed E-state index contributed by atoms with van der Waals surface area (Å²) in [7, 11) is 0. The number of carbonyl (C=O) groups is 3. The second-order valence-corrected chi connectivity index (χ2v) is 4.69. The van der Waals surface area contributed by atoms with E-state index in [1.807, 2.05) is 0 Å². The number of carbonyl (C=O) groups excluding carboxylic acids is 2. The van der Waals surface area contributed by atoms with Crippen LogP contribution < -0.4 is 0 Å². The first-order chi connectivity index (χ1) is 9.97. The van der Waals surface area contributed by atoms with E-state index in [0.717, 1.165) is 4.90 Å². The second kappa shape index (κ2) is 4.55. The van der Waals surface area contributed by atoms with E-state index in [2.05, 4.69) is 5.16 Å². The third-order valence-corrected chi connectivity index (χ3v) is 3.21. The average Bonchev–Trinajstić information content (AvgIpc) is 2.96. The number of rotatable bonds is 3. The second-order valence-electron chi connectivity index (χ2n) is 4.69. The summed E-state index contributed by atoms with van der Waals surface area (Å²) in [6.07, 6.45) is 0. The van der Waals surface area contributed by atoms with Crippen molar-refractivity contribution in [1.29, 1.82) is 0 Å². The number of nitrogens with zero attached hydrogens (tertiary/aromatic N) is 2. The molecular weight excluding hydrogens is 276 g/mol. The number of amides is 2. The summed E-state index contributed by atoms with van der Waals surface area (Å²) in [5.74, 6) is -1.57. The summed E-state index contributed by atoms with van der Waals surface area (Å²) >= 11 is 0. The average molecular weight is 286 g/mol. The van der Waals surface area contributed by atoms with Crippen molar-refractivity contribution in [2.24, 2.45) is 0 Å². The lowest BCUT2D eigenvalue weighted by Crippen LogP contribution is -2.29. The van der Waals surface area contributed by atoms with E-state index in [9.17, 15) is 14.4 Å². The van der Waals surface area contributed by atoms with Crippen molar-refractivity contribution in [3.63, 3.8) is 0 Å². The maximum atomic E-state index is 12.2. The zero-order valence-corrected chi connectivity index (χ0v) is 11.0. The molecule has 1 aliphatic heterocycles. The van der Waals surface area contributed by atoms with Crippen LogP contribution in [0.15, 0.2) is 28.8 Å². The van der Waals surface area contributed by atoms with Crippen molar-refractivity contribution in [3.8, 4) is 0 Å². The smallest absolute Gasteiger partial charge is 0.335 e. The van der Waals surface area contributed by atoms with Gasteiger partial charge >= 0.3 is 5.97 Å². The molecule has 0 spiro atoms. The fourth-order valence-electron chi connectivity index (χ4n) is 2.22. The molecule has 3 rings (SSSR count). The molecule has 0 atom stereocenters. The van der Waals surface area contributed by atoms with Gasteiger partial charge in [0.05, 0.1) is 23.2 Å². The minimum absolute atomic E-state index is 0.00785. The minimum atomic E-state index is -1.15. The molecule has 2 heterocycles. The number of benzene rings is 1. The Balaban J connectivity index is 1.94. The van der Waals surface area contributed by atoms with Gasteiger partial charge in [0.1, 0.15) is 11.5 Å². The largest absolute Gasteiger partial charge is 0.478 e. The van der Waals surface area contributed by atoms with E-state index >= 15 is 0 Å². The Kier molecular flexibility index (Phi) is 2.83. The zero-order valence-electron chi connectivity index (χ0n) is 11.0. The normalized spacial score (nSPS) is 13.7. The van der Waals surface area contributed by atoms with Gasteiger partial charge in [-0.25, -0.2) is 4.79 Å². The molecule has 0 bridgehead atoms. The number of hydrogen-bond acceptors (Lipinski definition) is 5. The van der Waals surface area contributed by atoms with Crippen LogP contribution in [-0.2, 0) is 6.54 Å². The Morgan fingerprint density at radius 3 is 2.57 bits per heavy atom. The van der Waals surface area contributed by atoms with Crippen LogP contribution in [0.5, 0.6) is 0 Å². The molecule has 2 amide bonds. The van der Waals surface area contributed by atoms with Crippen molar-refractivity contribution in [2.45, 2.75) is 13.5 Å². The molecule has 1 aromatic heterocycles. The summed E-state index contributed by atoms with van der Waals surface area (Å²) in [5, 5.41) is 12.7. The van der Waals surface area contributed by atoms with Gasteiger partial charge in [0.25, 0.3) is 11.8 Å². The van der Waals surface area contributed by atoms with Crippen molar-refractivity contribution in [2.75, 3.05) is 0 Å². The van der Waals surface area contributed by atoms with E-state index in [1.54, 1.807) is 13.0 Å². The zero-order chi connectivity index (χ0) is 15.1. The highest BCUT2D eigenvalue weighted by molar-refractivity contribution is 6.21. The molecule has 0 radical (unpaired) electrons. The number of fused-ring (bicyclic) bond motifs is 1. The Labute approximate surface area is 118 Å². The Hall–Kier alpha value is -2.96.